The van der Waals surface area contributed by atoms with Crippen molar-refractivity contribution in [1.82, 2.24) is 5.16 Å². The van der Waals surface area contributed by atoms with Gasteiger partial charge in [0.05, 0.1) is 6.61 Å². The van der Waals surface area contributed by atoms with E-state index in [0.717, 1.165) is 4.47 Å². The highest BCUT2D eigenvalue weighted by Crippen LogP contribution is 2.19. The van der Waals surface area contributed by atoms with Crippen molar-refractivity contribution in [3.8, 4) is 5.75 Å². The summed E-state index contributed by atoms with van der Waals surface area (Å²) in [5.74, 6) is 0.659. The molecule has 1 aromatic heterocycles. The van der Waals surface area contributed by atoms with E-state index in [1.807, 2.05) is 24.3 Å². The van der Waals surface area contributed by atoms with E-state index in [-0.39, 0.29) is 12.3 Å². The lowest BCUT2D eigenvalue weighted by Gasteiger charge is -2.03. The molecule has 0 fully saturated rings. The quantitative estimate of drug-likeness (QED) is 0.790. The molecule has 1 heterocycles. The summed E-state index contributed by atoms with van der Waals surface area (Å²) in [4.78, 5) is 11.4. The molecule has 0 radical (unpaired) electrons. The molecule has 0 aliphatic heterocycles. The van der Waals surface area contributed by atoms with Crippen molar-refractivity contribution in [3.05, 3.63) is 46.3 Å². The Morgan fingerprint density at radius 1 is 1.42 bits per heavy atom. The van der Waals surface area contributed by atoms with E-state index in [0.29, 0.717) is 18.1 Å². The molecule has 0 N–H and O–H groups in total. The molecule has 2 rings (SSSR count). The third-order valence-corrected chi connectivity index (χ3v) is 2.71. The van der Waals surface area contributed by atoms with Crippen LogP contribution >= 0.6 is 15.9 Å². The third kappa shape index (κ3) is 3.82. The Kier molecular flexibility index (Phi) is 4.57. The number of halogens is 1. The maximum atomic E-state index is 11.4. The van der Waals surface area contributed by atoms with Crippen LogP contribution in [0.15, 0.2) is 39.3 Å². The molecule has 5 nitrogen and oxygen atoms in total. The van der Waals surface area contributed by atoms with Crippen LogP contribution < -0.4 is 4.74 Å². The van der Waals surface area contributed by atoms with Crippen molar-refractivity contribution < 1.29 is 18.8 Å². The third-order valence-electron chi connectivity index (χ3n) is 2.22. The monoisotopic (exact) mass is 325 g/mol. The average molecular weight is 326 g/mol. The second-order valence-electron chi connectivity index (χ2n) is 3.64. The number of nitrogens with zero attached hydrogens (tertiary/aromatic N) is 1. The number of ether oxygens (including phenoxy) is 2. The number of esters is 1. The van der Waals surface area contributed by atoms with Crippen LogP contribution in [0, 0.1) is 0 Å². The topological polar surface area (TPSA) is 61.6 Å². The second-order valence-corrected chi connectivity index (χ2v) is 4.56. The van der Waals surface area contributed by atoms with Gasteiger partial charge in [0.1, 0.15) is 12.4 Å². The van der Waals surface area contributed by atoms with Crippen LogP contribution in [0.3, 0.4) is 0 Å². The first kappa shape index (κ1) is 13.6. The zero-order valence-corrected chi connectivity index (χ0v) is 11.8. The van der Waals surface area contributed by atoms with Crippen molar-refractivity contribution >= 4 is 21.9 Å². The molecule has 0 aliphatic rings. The molecular weight excluding hydrogens is 314 g/mol. The molecule has 0 bridgehead atoms. The predicted molar refractivity (Wildman–Crippen MR) is 70.9 cm³/mol. The van der Waals surface area contributed by atoms with Crippen LogP contribution in [-0.2, 0) is 11.3 Å². The maximum Gasteiger partial charge on any atom is 0.360 e. The van der Waals surface area contributed by atoms with E-state index < -0.39 is 5.97 Å². The van der Waals surface area contributed by atoms with Crippen molar-refractivity contribution in [2.75, 3.05) is 6.61 Å². The van der Waals surface area contributed by atoms with Gasteiger partial charge in [0.2, 0.25) is 0 Å². The Bertz CT molecular complexity index is 567. The number of carbonyl (C=O) groups excluding carboxylic acids is 1. The Labute approximate surface area is 118 Å². The second kappa shape index (κ2) is 6.38. The fourth-order valence-corrected chi connectivity index (χ4v) is 1.77. The van der Waals surface area contributed by atoms with E-state index >= 15 is 0 Å². The van der Waals surface area contributed by atoms with Crippen LogP contribution in [0.1, 0.15) is 23.2 Å². The standard InChI is InChI=1S/C13H12BrNO4/c1-2-17-13(16)12-7-11(19-15-12)8-18-10-5-3-4-9(14)6-10/h3-7H,2,8H2,1H3. The van der Waals surface area contributed by atoms with Gasteiger partial charge in [-0.2, -0.15) is 0 Å². The smallest absolute Gasteiger partial charge is 0.360 e. The van der Waals surface area contributed by atoms with E-state index in [2.05, 4.69) is 21.1 Å². The summed E-state index contributed by atoms with van der Waals surface area (Å²) in [5, 5.41) is 3.63. The lowest BCUT2D eigenvalue weighted by atomic mass is 10.3. The number of rotatable bonds is 5. The normalized spacial score (nSPS) is 10.2. The predicted octanol–water partition coefficient (Wildman–Crippen LogP) is 3.19. The van der Waals surface area contributed by atoms with Gasteiger partial charge in [0.15, 0.2) is 11.5 Å². The molecule has 0 unspecified atom stereocenters. The van der Waals surface area contributed by atoms with E-state index in [1.165, 1.54) is 6.07 Å². The fourth-order valence-electron chi connectivity index (χ4n) is 1.39. The molecule has 0 atom stereocenters. The molecule has 0 amide bonds. The van der Waals surface area contributed by atoms with Gasteiger partial charge in [-0.05, 0) is 25.1 Å². The van der Waals surface area contributed by atoms with Crippen molar-refractivity contribution in [3.63, 3.8) is 0 Å². The molecular formula is C13H12BrNO4. The summed E-state index contributed by atoms with van der Waals surface area (Å²) >= 11 is 3.35. The minimum absolute atomic E-state index is 0.148. The van der Waals surface area contributed by atoms with Gasteiger partial charge in [-0.3, -0.25) is 0 Å². The Hall–Kier alpha value is -1.82. The van der Waals surface area contributed by atoms with E-state index in [4.69, 9.17) is 14.0 Å². The van der Waals surface area contributed by atoms with Gasteiger partial charge in [-0.25, -0.2) is 4.79 Å². The molecule has 0 aliphatic carbocycles. The summed E-state index contributed by atoms with van der Waals surface area (Å²) in [6, 6.07) is 8.94. The van der Waals surface area contributed by atoms with Crippen LogP contribution in [-0.4, -0.2) is 17.7 Å². The largest absolute Gasteiger partial charge is 0.486 e. The number of benzene rings is 1. The van der Waals surface area contributed by atoms with E-state index in [9.17, 15) is 4.79 Å². The first-order chi connectivity index (χ1) is 9.19. The minimum atomic E-state index is -0.500. The molecule has 2 aromatic rings. The highest BCUT2D eigenvalue weighted by Gasteiger charge is 2.13. The van der Waals surface area contributed by atoms with Gasteiger partial charge in [-0.15, -0.1) is 0 Å². The van der Waals surface area contributed by atoms with Gasteiger partial charge in [-0.1, -0.05) is 27.2 Å². The number of hydrogen-bond acceptors (Lipinski definition) is 5. The Morgan fingerprint density at radius 3 is 3.00 bits per heavy atom. The van der Waals surface area contributed by atoms with E-state index in [1.54, 1.807) is 6.92 Å². The van der Waals surface area contributed by atoms with Gasteiger partial charge in [0.25, 0.3) is 0 Å². The van der Waals surface area contributed by atoms with Crippen LogP contribution in [0.25, 0.3) is 0 Å². The molecule has 19 heavy (non-hydrogen) atoms. The zero-order valence-electron chi connectivity index (χ0n) is 10.3. The molecule has 100 valence electrons. The fraction of sp³-hybridized carbons (Fsp3) is 0.231. The van der Waals surface area contributed by atoms with Crippen molar-refractivity contribution in [2.45, 2.75) is 13.5 Å². The first-order valence-corrected chi connectivity index (χ1v) is 6.49. The highest BCUT2D eigenvalue weighted by molar-refractivity contribution is 9.10. The molecule has 0 saturated carbocycles. The van der Waals surface area contributed by atoms with Crippen LogP contribution in [0.4, 0.5) is 0 Å². The molecule has 0 saturated heterocycles. The Balaban J connectivity index is 1.95. The van der Waals surface area contributed by atoms with Crippen molar-refractivity contribution in [2.24, 2.45) is 0 Å². The summed E-state index contributed by atoms with van der Waals surface area (Å²) in [6.45, 7) is 2.23. The van der Waals surface area contributed by atoms with Crippen LogP contribution in [0.5, 0.6) is 5.75 Å². The highest BCUT2D eigenvalue weighted by atomic mass is 79.9. The summed E-state index contributed by atoms with van der Waals surface area (Å²) in [5.41, 5.74) is 0.148. The summed E-state index contributed by atoms with van der Waals surface area (Å²) in [7, 11) is 0. The lowest BCUT2D eigenvalue weighted by Crippen LogP contribution is -2.04. The average Bonchev–Trinajstić information content (AvgIpc) is 2.86. The lowest BCUT2D eigenvalue weighted by molar-refractivity contribution is 0.0514. The SMILES string of the molecule is CCOC(=O)c1cc(COc2cccc(Br)c2)on1. The Morgan fingerprint density at radius 2 is 2.26 bits per heavy atom. The summed E-state index contributed by atoms with van der Waals surface area (Å²) < 4.78 is 16.2. The molecule has 6 heteroatoms. The van der Waals surface area contributed by atoms with Crippen molar-refractivity contribution in [1.29, 1.82) is 0 Å². The zero-order chi connectivity index (χ0) is 13.7. The summed E-state index contributed by atoms with van der Waals surface area (Å²) in [6.07, 6.45) is 0. The first-order valence-electron chi connectivity index (χ1n) is 5.70. The minimum Gasteiger partial charge on any atom is -0.486 e. The van der Waals surface area contributed by atoms with Gasteiger partial charge < -0.3 is 14.0 Å². The van der Waals surface area contributed by atoms with Gasteiger partial charge in [0, 0.05) is 10.5 Å². The maximum absolute atomic E-state index is 11.4. The number of carbonyl (C=O) groups is 1. The molecule has 0 spiro atoms. The number of aromatic nitrogens is 1. The number of hydrogen-bond donors (Lipinski definition) is 0. The molecule has 1 aromatic carbocycles. The van der Waals surface area contributed by atoms with Gasteiger partial charge >= 0.3 is 5.97 Å². The van der Waals surface area contributed by atoms with Crippen LogP contribution in [0.2, 0.25) is 0 Å².